The smallest absolute Gasteiger partial charge is 0.261 e. The second kappa shape index (κ2) is 8.37. The summed E-state index contributed by atoms with van der Waals surface area (Å²) in [6.45, 7) is 1.89. The number of halogens is 1. The van der Waals surface area contributed by atoms with Crippen LogP contribution in [0.4, 0.5) is 10.1 Å². The number of carbonyl (C=O) groups excluding carboxylic acids is 2. The van der Waals surface area contributed by atoms with Gasteiger partial charge in [0.2, 0.25) is 0 Å². The van der Waals surface area contributed by atoms with Crippen LogP contribution in [-0.4, -0.2) is 17.9 Å². The topological polar surface area (TPSA) is 67.4 Å². The van der Waals surface area contributed by atoms with Gasteiger partial charge in [0.15, 0.2) is 6.10 Å². The van der Waals surface area contributed by atoms with Crippen LogP contribution in [0.5, 0.6) is 5.75 Å². The van der Waals surface area contributed by atoms with Gasteiger partial charge in [-0.15, -0.1) is 0 Å². The Morgan fingerprint density at radius 3 is 2.40 bits per heavy atom. The molecular formula is C24H21FN2O3. The van der Waals surface area contributed by atoms with E-state index >= 15 is 0 Å². The summed E-state index contributed by atoms with van der Waals surface area (Å²) in [7, 11) is 0. The van der Waals surface area contributed by atoms with Gasteiger partial charge < -0.3 is 15.4 Å². The average Bonchev–Trinajstić information content (AvgIpc) is 3.19. The maximum absolute atomic E-state index is 13.0. The predicted octanol–water partition coefficient (Wildman–Crippen LogP) is 4.26. The SMILES string of the molecule is CC(NC(=O)C1Cc2ccccc2O1)c1ccc(NC(=O)c2ccc(F)cc2)cc1. The lowest BCUT2D eigenvalue weighted by Gasteiger charge is -2.18. The Morgan fingerprint density at radius 1 is 1.00 bits per heavy atom. The molecular weight excluding hydrogens is 383 g/mol. The molecule has 0 radical (unpaired) electrons. The van der Waals surface area contributed by atoms with Crippen LogP contribution in [0, 0.1) is 5.82 Å². The maximum atomic E-state index is 13.0. The molecule has 0 saturated carbocycles. The largest absolute Gasteiger partial charge is 0.480 e. The number of anilines is 1. The van der Waals surface area contributed by atoms with Gasteiger partial charge in [-0.25, -0.2) is 4.39 Å². The first-order valence-corrected chi connectivity index (χ1v) is 9.71. The molecule has 4 rings (SSSR count). The van der Waals surface area contributed by atoms with Crippen LogP contribution in [0.3, 0.4) is 0 Å². The van der Waals surface area contributed by atoms with Crippen molar-refractivity contribution < 1.29 is 18.7 Å². The molecule has 3 aromatic rings. The van der Waals surface area contributed by atoms with E-state index in [1.54, 1.807) is 12.1 Å². The van der Waals surface area contributed by atoms with Crippen LogP contribution in [0.1, 0.15) is 34.5 Å². The highest BCUT2D eigenvalue weighted by Crippen LogP contribution is 2.28. The van der Waals surface area contributed by atoms with Crippen LogP contribution in [-0.2, 0) is 11.2 Å². The maximum Gasteiger partial charge on any atom is 0.261 e. The third-order valence-electron chi connectivity index (χ3n) is 5.07. The van der Waals surface area contributed by atoms with Crippen molar-refractivity contribution in [2.75, 3.05) is 5.32 Å². The number of rotatable bonds is 5. The van der Waals surface area contributed by atoms with Crippen LogP contribution in [0.2, 0.25) is 0 Å². The number of ether oxygens (including phenoxy) is 1. The quantitative estimate of drug-likeness (QED) is 0.668. The number of hydrogen-bond donors (Lipinski definition) is 2. The number of hydrogen-bond acceptors (Lipinski definition) is 3. The molecule has 2 N–H and O–H groups in total. The van der Waals surface area contributed by atoms with Crippen LogP contribution in [0.25, 0.3) is 0 Å². The molecule has 0 spiro atoms. The Balaban J connectivity index is 1.34. The van der Waals surface area contributed by atoms with Gasteiger partial charge in [0.25, 0.3) is 11.8 Å². The van der Waals surface area contributed by atoms with Crippen LogP contribution >= 0.6 is 0 Å². The molecule has 2 atom stereocenters. The Morgan fingerprint density at radius 2 is 1.70 bits per heavy atom. The second-order valence-electron chi connectivity index (χ2n) is 7.23. The van der Waals surface area contributed by atoms with E-state index in [4.69, 9.17) is 4.74 Å². The summed E-state index contributed by atoms with van der Waals surface area (Å²) in [4.78, 5) is 24.8. The van der Waals surface area contributed by atoms with Crippen molar-refractivity contribution in [2.45, 2.75) is 25.5 Å². The molecule has 152 valence electrons. The molecule has 1 aliphatic heterocycles. The van der Waals surface area contributed by atoms with E-state index in [1.165, 1.54) is 24.3 Å². The first-order valence-electron chi connectivity index (χ1n) is 9.71. The first-order chi connectivity index (χ1) is 14.5. The summed E-state index contributed by atoms with van der Waals surface area (Å²) in [5.41, 5.74) is 2.92. The van der Waals surface area contributed by atoms with Gasteiger partial charge in [-0.2, -0.15) is 0 Å². The van der Waals surface area contributed by atoms with E-state index < -0.39 is 6.10 Å². The highest BCUT2D eigenvalue weighted by atomic mass is 19.1. The molecule has 0 bridgehead atoms. The van der Waals surface area contributed by atoms with Crippen molar-refractivity contribution >= 4 is 17.5 Å². The molecule has 6 heteroatoms. The third-order valence-corrected chi connectivity index (χ3v) is 5.07. The highest BCUT2D eigenvalue weighted by Gasteiger charge is 2.29. The number of fused-ring (bicyclic) bond motifs is 1. The van der Waals surface area contributed by atoms with Gasteiger partial charge in [0.1, 0.15) is 11.6 Å². The number of carbonyl (C=O) groups is 2. The number of para-hydroxylation sites is 1. The molecule has 1 aliphatic rings. The molecule has 2 amide bonds. The van der Waals surface area contributed by atoms with Crippen molar-refractivity contribution in [1.29, 1.82) is 0 Å². The molecule has 30 heavy (non-hydrogen) atoms. The zero-order valence-corrected chi connectivity index (χ0v) is 16.4. The molecule has 2 unspecified atom stereocenters. The molecule has 5 nitrogen and oxygen atoms in total. The summed E-state index contributed by atoms with van der Waals surface area (Å²) in [5, 5.41) is 5.75. The third kappa shape index (κ3) is 4.33. The summed E-state index contributed by atoms with van der Waals surface area (Å²) < 4.78 is 18.7. The molecule has 0 aromatic heterocycles. The van der Waals surface area contributed by atoms with E-state index in [9.17, 15) is 14.0 Å². The molecule has 0 saturated heterocycles. The van der Waals surface area contributed by atoms with Gasteiger partial charge >= 0.3 is 0 Å². The fraction of sp³-hybridized carbons (Fsp3) is 0.167. The molecule has 0 fully saturated rings. The van der Waals surface area contributed by atoms with Gasteiger partial charge in [0.05, 0.1) is 6.04 Å². The minimum Gasteiger partial charge on any atom is -0.480 e. The fourth-order valence-corrected chi connectivity index (χ4v) is 3.38. The van der Waals surface area contributed by atoms with Gasteiger partial charge in [-0.1, -0.05) is 30.3 Å². The second-order valence-corrected chi connectivity index (χ2v) is 7.23. The predicted molar refractivity (Wildman–Crippen MR) is 112 cm³/mol. The molecule has 1 heterocycles. The van der Waals surface area contributed by atoms with Crippen molar-refractivity contribution in [1.82, 2.24) is 5.32 Å². The zero-order chi connectivity index (χ0) is 21.1. The molecule has 0 aliphatic carbocycles. The zero-order valence-electron chi connectivity index (χ0n) is 16.4. The Kier molecular flexibility index (Phi) is 5.48. The Labute approximate surface area is 173 Å². The highest BCUT2D eigenvalue weighted by molar-refractivity contribution is 6.04. The van der Waals surface area contributed by atoms with E-state index in [0.717, 1.165) is 16.9 Å². The Bertz CT molecular complexity index is 1040. The van der Waals surface area contributed by atoms with Crippen molar-refractivity contribution in [3.63, 3.8) is 0 Å². The van der Waals surface area contributed by atoms with Crippen molar-refractivity contribution in [3.05, 3.63) is 95.3 Å². The normalized spacial score (nSPS) is 15.6. The van der Waals surface area contributed by atoms with Crippen molar-refractivity contribution in [3.8, 4) is 5.75 Å². The summed E-state index contributed by atoms with van der Waals surface area (Å²) in [5.74, 6) is -0.111. The number of benzene rings is 3. The summed E-state index contributed by atoms with van der Waals surface area (Å²) in [6.07, 6.45) is 0.0300. The minimum absolute atomic E-state index is 0.160. The minimum atomic E-state index is -0.529. The lowest BCUT2D eigenvalue weighted by atomic mass is 10.1. The lowest BCUT2D eigenvalue weighted by Crippen LogP contribution is -2.38. The lowest BCUT2D eigenvalue weighted by molar-refractivity contribution is -0.127. The number of amides is 2. The van der Waals surface area contributed by atoms with E-state index in [1.807, 2.05) is 43.3 Å². The van der Waals surface area contributed by atoms with Crippen LogP contribution in [0.15, 0.2) is 72.8 Å². The fourth-order valence-electron chi connectivity index (χ4n) is 3.38. The van der Waals surface area contributed by atoms with E-state index in [2.05, 4.69) is 10.6 Å². The van der Waals surface area contributed by atoms with E-state index in [-0.39, 0.29) is 23.7 Å². The van der Waals surface area contributed by atoms with Crippen LogP contribution < -0.4 is 15.4 Å². The summed E-state index contributed by atoms with van der Waals surface area (Å²) in [6, 6.07) is 20.0. The van der Waals surface area contributed by atoms with E-state index in [0.29, 0.717) is 17.7 Å². The van der Waals surface area contributed by atoms with Gasteiger partial charge in [-0.05, 0) is 60.5 Å². The summed E-state index contributed by atoms with van der Waals surface area (Å²) >= 11 is 0. The average molecular weight is 404 g/mol. The Hall–Kier alpha value is -3.67. The van der Waals surface area contributed by atoms with Gasteiger partial charge in [0, 0.05) is 17.7 Å². The number of nitrogens with one attached hydrogen (secondary N) is 2. The molecule has 3 aromatic carbocycles. The monoisotopic (exact) mass is 404 g/mol. The van der Waals surface area contributed by atoms with Crippen molar-refractivity contribution in [2.24, 2.45) is 0 Å². The standard InChI is InChI=1S/C24H21FN2O3/c1-15(26-24(29)22-14-18-4-2-3-5-21(18)30-22)16-8-12-20(13-9-16)27-23(28)17-6-10-19(25)11-7-17/h2-13,15,22H,14H2,1H3,(H,26,29)(H,27,28). The first kappa shape index (κ1) is 19.6. The van der Waals surface area contributed by atoms with Gasteiger partial charge in [-0.3, -0.25) is 9.59 Å².